The fraction of sp³-hybridized carbons (Fsp3) is 0. The molecule has 0 saturated carbocycles. The van der Waals surface area contributed by atoms with Gasteiger partial charge in [0.1, 0.15) is 5.84 Å². The number of anilines is 1. The summed E-state index contributed by atoms with van der Waals surface area (Å²) in [5.74, 6) is -0.345. The van der Waals surface area contributed by atoms with Crippen molar-refractivity contribution < 1.29 is 22.6 Å². The molecule has 5 N–H and O–H groups in total. The molecule has 0 saturated heterocycles. The molecule has 0 radical (unpaired) electrons. The van der Waals surface area contributed by atoms with Crippen molar-refractivity contribution in [2.45, 2.75) is 4.90 Å². The molecule has 0 aromatic heterocycles. The van der Waals surface area contributed by atoms with Gasteiger partial charge >= 0.3 is 6.03 Å². The summed E-state index contributed by atoms with van der Waals surface area (Å²) in [7, 11) is -4.35. The molecule has 1 heterocycles. The maximum Gasteiger partial charge on any atom is 0.319 e. The van der Waals surface area contributed by atoms with Gasteiger partial charge < -0.3 is 11.1 Å². The summed E-state index contributed by atoms with van der Waals surface area (Å²) in [6.45, 7) is 0. The first-order chi connectivity index (χ1) is 12.7. The monoisotopic (exact) mass is 386 g/mol. The van der Waals surface area contributed by atoms with Crippen molar-refractivity contribution in [3.05, 3.63) is 65.7 Å². The van der Waals surface area contributed by atoms with E-state index in [9.17, 15) is 18.0 Å². The summed E-state index contributed by atoms with van der Waals surface area (Å²) < 4.78 is 31.7. The van der Waals surface area contributed by atoms with E-state index in [1.807, 2.05) is 5.32 Å². The molecular weight excluding hydrogens is 372 g/mol. The Hall–Kier alpha value is -3.50. The standard InChI is InChI=1S/C17H14N4O5S/c18-17(23)21-15(22)9-14-12-6-1-2-7-13(12)16(20-14)19-10-4-3-5-11(8-10)27(24,25)26/h1-9H,(H,19,20)(H,24,25,26)(H3,18,21,22,23)/b14-9-. The summed E-state index contributed by atoms with van der Waals surface area (Å²) in [5.41, 5.74) is 6.92. The Morgan fingerprint density at radius 2 is 1.78 bits per heavy atom. The first-order valence-electron chi connectivity index (χ1n) is 7.59. The number of carbonyl (C=O) groups is 2. The lowest BCUT2D eigenvalue weighted by Gasteiger charge is -2.08. The van der Waals surface area contributed by atoms with Gasteiger partial charge in [-0.1, -0.05) is 30.3 Å². The predicted octanol–water partition coefficient (Wildman–Crippen LogP) is 1.34. The summed E-state index contributed by atoms with van der Waals surface area (Å²) in [4.78, 5) is 26.6. The van der Waals surface area contributed by atoms with Gasteiger partial charge in [0.2, 0.25) is 0 Å². The van der Waals surface area contributed by atoms with E-state index in [1.165, 1.54) is 18.2 Å². The molecule has 0 aliphatic carbocycles. The number of fused-ring (bicyclic) bond motifs is 1. The Morgan fingerprint density at radius 1 is 1.07 bits per heavy atom. The van der Waals surface area contributed by atoms with E-state index >= 15 is 0 Å². The molecule has 0 bridgehead atoms. The van der Waals surface area contributed by atoms with E-state index in [-0.39, 0.29) is 4.90 Å². The first kappa shape index (κ1) is 18.3. The summed E-state index contributed by atoms with van der Waals surface area (Å²) >= 11 is 0. The van der Waals surface area contributed by atoms with E-state index in [4.69, 9.17) is 10.3 Å². The number of urea groups is 1. The highest BCUT2D eigenvalue weighted by Gasteiger charge is 2.21. The normalized spacial score (nSPS) is 14.4. The summed E-state index contributed by atoms with van der Waals surface area (Å²) in [5, 5.41) is 4.89. The molecule has 3 rings (SSSR count). The van der Waals surface area contributed by atoms with Gasteiger partial charge in [0, 0.05) is 22.9 Å². The molecule has 0 fully saturated rings. The highest BCUT2D eigenvalue weighted by atomic mass is 32.2. The lowest BCUT2D eigenvalue weighted by atomic mass is 10.1. The molecule has 9 nitrogen and oxygen atoms in total. The molecule has 0 unspecified atom stereocenters. The van der Waals surface area contributed by atoms with Crippen LogP contribution in [0.15, 0.2) is 64.5 Å². The summed E-state index contributed by atoms with van der Waals surface area (Å²) in [6, 6.07) is 11.6. The zero-order valence-corrected chi connectivity index (χ0v) is 14.5. The SMILES string of the molecule is NC(=O)NC(=O)/C=C1\N=C(Nc2cccc(S(=O)(=O)O)c2)c2ccccc21. The van der Waals surface area contributed by atoms with Crippen LogP contribution in [0.1, 0.15) is 11.1 Å². The Bertz CT molecular complexity index is 1110. The number of carbonyl (C=O) groups excluding carboxylic acids is 2. The zero-order chi connectivity index (χ0) is 19.6. The number of nitrogens with zero attached hydrogens (tertiary/aromatic N) is 1. The van der Waals surface area contributed by atoms with E-state index < -0.39 is 22.1 Å². The number of aliphatic imine (C=N–C) groups is 1. The Labute approximate surface area is 154 Å². The van der Waals surface area contributed by atoms with Crippen molar-refractivity contribution >= 4 is 39.3 Å². The Balaban J connectivity index is 1.96. The van der Waals surface area contributed by atoms with Crippen LogP contribution in [-0.4, -0.2) is 30.7 Å². The lowest BCUT2D eigenvalue weighted by molar-refractivity contribution is -0.115. The maximum absolute atomic E-state index is 11.8. The number of hydrogen-bond acceptors (Lipinski definition) is 6. The van der Waals surface area contributed by atoms with Crippen LogP contribution in [0.2, 0.25) is 0 Å². The quantitative estimate of drug-likeness (QED) is 0.462. The summed E-state index contributed by atoms with van der Waals surface area (Å²) in [6.07, 6.45) is 1.13. The predicted molar refractivity (Wildman–Crippen MR) is 98.6 cm³/mol. The number of primary amides is 1. The second kappa shape index (κ2) is 7.02. The van der Waals surface area contributed by atoms with Crippen molar-refractivity contribution in [2.75, 3.05) is 5.32 Å². The largest absolute Gasteiger partial charge is 0.351 e. The van der Waals surface area contributed by atoms with Crippen LogP contribution in [-0.2, 0) is 14.9 Å². The van der Waals surface area contributed by atoms with Gasteiger partial charge in [0.15, 0.2) is 0 Å². The molecule has 0 atom stereocenters. The van der Waals surface area contributed by atoms with Gasteiger partial charge in [-0.2, -0.15) is 8.42 Å². The van der Waals surface area contributed by atoms with Gasteiger partial charge in [-0.25, -0.2) is 9.79 Å². The lowest BCUT2D eigenvalue weighted by Crippen LogP contribution is -2.33. The van der Waals surface area contributed by atoms with Crippen LogP contribution >= 0.6 is 0 Å². The van der Waals surface area contributed by atoms with Gasteiger partial charge in [-0.3, -0.25) is 14.7 Å². The molecule has 2 aromatic carbocycles. The minimum absolute atomic E-state index is 0.268. The highest BCUT2D eigenvalue weighted by molar-refractivity contribution is 7.85. The molecule has 2 aromatic rings. The average Bonchev–Trinajstić information content (AvgIpc) is 2.91. The first-order valence-corrected chi connectivity index (χ1v) is 9.03. The van der Waals surface area contributed by atoms with Crippen molar-refractivity contribution in [2.24, 2.45) is 10.7 Å². The number of amides is 3. The van der Waals surface area contributed by atoms with Crippen LogP contribution < -0.4 is 16.4 Å². The van der Waals surface area contributed by atoms with E-state index in [0.29, 0.717) is 28.3 Å². The third-order valence-corrected chi connectivity index (χ3v) is 4.45. The minimum Gasteiger partial charge on any atom is -0.351 e. The minimum atomic E-state index is -4.35. The number of imide groups is 1. The van der Waals surface area contributed by atoms with Crippen molar-refractivity contribution in [3.8, 4) is 0 Å². The highest BCUT2D eigenvalue weighted by Crippen LogP contribution is 2.29. The fourth-order valence-electron chi connectivity index (χ4n) is 2.51. The Morgan fingerprint density at radius 3 is 2.44 bits per heavy atom. The molecule has 138 valence electrons. The van der Waals surface area contributed by atoms with Crippen molar-refractivity contribution in [3.63, 3.8) is 0 Å². The second-order valence-electron chi connectivity index (χ2n) is 5.52. The Kier molecular flexibility index (Phi) is 4.75. The van der Waals surface area contributed by atoms with Crippen LogP contribution in [0.3, 0.4) is 0 Å². The van der Waals surface area contributed by atoms with Crippen LogP contribution in [0.4, 0.5) is 10.5 Å². The molecule has 1 aliphatic heterocycles. The number of nitrogens with two attached hydrogens (primary N) is 1. The fourth-order valence-corrected chi connectivity index (χ4v) is 3.04. The molecule has 0 spiro atoms. The number of amidine groups is 1. The van der Waals surface area contributed by atoms with E-state index in [2.05, 4.69) is 10.3 Å². The molecule has 10 heteroatoms. The van der Waals surface area contributed by atoms with Gasteiger partial charge in [-0.15, -0.1) is 0 Å². The van der Waals surface area contributed by atoms with Crippen LogP contribution in [0.5, 0.6) is 0 Å². The average molecular weight is 386 g/mol. The van der Waals surface area contributed by atoms with Crippen molar-refractivity contribution in [1.29, 1.82) is 0 Å². The van der Waals surface area contributed by atoms with Gasteiger partial charge in [-0.05, 0) is 18.2 Å². The smallest absolute Gasteiger partial charge is 0.319 e. The van der Waals surface area contributed by atoms with E-state index in [0.717, 1.165) is 6.08 Å². The molecule has 3 amide bonds. The third kappa shape index (κ3) is 4.19. The second-order valence-corrected chi connectivity index (χ2v) is 6.94. The van der Waals surface area contributed by atoms with Gasteiger partial charge in [0.25, 0.3) is 16.0 Å². The maximum atomic E-state index is 11.8. The number of rotatable bonds is 3. The zero-order valence-electron chi connectivity index (χ0n) is 13.7. The number of hydrogen-bond donors (Lipinski definition) is 4. The van der Waals surface area contributed by atoms with E-state index in [1.54, 1.807) is 30.3 Å². The third-order valence-electron chi connectivity index (χ3n) is 3.60. The molecule has 1 aliphatic rings. The number of benzene rings is 2. The topological polar surface area (TPSA) is 151 Å². The molecule has 27 heavy (non-hydrogen) atoms. The van der Waals surface area contributed by atoms with Crippen LogP contribution in [0, 0.1) is 0 Å². The van der Waals surface area contributed by atoms with Crippen molar-refractivity contribution in [1.82, 2.24) is 5.32 Å². The molecular formula is C17H14N4O5S. The number of nitrogens with one attached hydrogen (secondary N) is 2. The van der Waals surface area contributed by atoms with Crippen LogP contribution in [0.25, 0.3) is 5.70 Å². The van der Waals surface area contributed by atoms with Gasteiger partial charge in [0.05, 0.1) is 10.6 Å².